The molecule has 0 aromatic carbocycles. The van der Waals surface area contributed by atoms with Crippen molar-refractivity contribution in [3.8, 4) is 0 Å². The van der Waals surface area contributed by atoms with E-state index in [2.05, 4.69) is 10.6 Å². The van der Waals surface area contributed by atoms with Gasteiger partial charge in [0.05, 0.1) is 25.2 Å². The maximum Gasteiger partial charge on any atom is 0.408 e. The van der Waals surface area contributed by atoms with Gasteiger partial charge in [0.25, 0.3) is 0 Å². The van der Waals surface area contributed by atoms with Crippen molar-refractivity contribution in [1.29, 1.82) is 0 Å². The van der Waals surface area contributed by atoms with Crippen LogP contribution >= 0.6 is 0 Å². The highest BCUT2D eigenvalue weighted by Crippen LogP contribution is 2.63. The van der Waals surface area contributed by atoms with Gasteiger partial charge in [0.1, 0.15) is 17.2 Å². The largest absolute Gasteiger partial charge is 0.466 e. The van der Waals surface area contributed by atoms with Gasteiger partial charge in [-0.05, 0) is 40.5 Å². The van der Waals surface area contributed by atoms with Gasteiger partial charge >= 0.3 is 18.0 Å². The summed E-state index contributed by atoms with van der Waals surface area (Å²) in [5.74, 6) is -4.04. The van der Waals surface area contributed by atoms with Gasteiger partial charge in [0.2, 0.25) is 5.91 Å². The van der Waals surface area contributed by atoms with Crippen molar-refractivity contribution < 1.29 is 38.5 Å². The highest BCUT2D eigenvalue weighted by molar-refractivity contribution is 5.94. The number of fused-ring (bicyclic) bond motifs is 1. The van der Waals surface area contributed by atoms with Gasteiger partial charge in [-0.15, -0.1) is 0 Å². The molecule has 0 radical (unpaired) electrons. The average molecular weight is 457 g/mol. The van der Waals surface area contributed by atoms with Crippen molar-refractivity contribution in [1.82, 2.24) is 10.6 Å². The molecule has 182 valence electrons. The van der Waals surface area contributed by atoms with Gasteiger partial charge in [-0.1, -0.05) is 13.8 Å². The monoisotopic (exact) mass is 456 g/mol. The number of hydrogen-bond donors (Lipinski definition) is 3. The van der Waals surface area contributed by atoms with Gasteiger partial charge in [0, 0.05) is 18.3 Å². The minimum absolute atomic E-state index is 0.0672. The lowest BCUT2D eigenvalue weighted by Gasteiger charge is -2.34. The fourth-order valence-electron chi connectivity index (χ4n) is 4.52. The Morgan fingerprint density at radius 2 is 1.69 bits per heavy atom. The molecular weight excluding hydrogens is 420 g/mol. The van der Waals surface area contributed by atoms with Gasteiger partial charge < -0.3 is 30.0 Å². The fraction of sp³-hybridized carbons (Fsp3) is 0.818. The molecule has 2 fully saturated rings. The number of hydrogen-bond acceptors (Lipinski definition) is 8. The average Bonchev–Trinajstić information content (AvgIpc) is 3.34. The molecule has 2 rings (SSSR count). The molecule has 0 saturated heterocycles. The van der Waals surface area contributed by atoms with Crippen molar-refractivity contribution in [2.45, 2.75) is 78.2 Å². The molecule has 0 spiro atoms. The lowest BCUT2D eigenvalue weighted by molar-refractivity contribution is -0.157. The van der Waals surface area contributed by atoms with Gasteiger partial charge in [0.15, 0.2) is 0 Å². The van der Waals surface area contributed by atoms with E-state index in [1.165, 1.54) is 0 Å². The summed E-state index contributed by atoms with van der Waals surface area (Å²) in [6.45, 7) is 12.1. The Labute approximate surface area is 188 Å². The first-order chi connectivity index (χ1) is 14.8. The number of rotatable bonds is 8. The van der Waals surface area contributed by atoms with Crippen molar-refractivity contribution in [3.05, 3.63) is 0 Å². The van der Waals surface area contributed by atoms with Gasteiger partial charge in [-0.2, -0.15) is 0 Å². The Kier molecular flexibility index (Phi) is 7.80. The molecule has 2 aliphatic carbocycles. The van der Waals surface area contributed by atoms with Crippen molar-refractivity contribution in [3.63, 3.8) is 0 Å². The van der Waals surface area contributed by atoms with E-state index in [1.807, 2.05) is 0 Å². The maximum absolute atomic E-state index is 13.2. The van der Waals surface area contributed by atoms with Crippen LogP contribution in [0.5, 0.6) is 0 Å². The first kappa shape index (κ1) is 25.9. The van der Waals surface area contributed by atoms with E-state index in [-0.39, 0.29) is 25.6 Å². The summed E-state index contributed by atoms with van der Waals surface area (Å²) < 4.78 is 15.6. The van der Waals surface area contributed by atoms with E-state index in [1.54, 1.807) is 48.5 Å². The second-order valence-electron chi connectivity index (χ2n) is 9.70. The Hall–Kier alpha value is -2.36. The quantitative estimate of drug-likeness (QED) is 0.365. The molecule has 6 atom stereocenters. The van der Waals surface area contributed by atoms with Crippen molar-refractivity contribution >= 4 is 23.9 Å². The number of alkyl carbamates (subject to hydrolysis) is 1. The van der Waals surface area contributed by atoms with Crippen LogP contribution in [0, 0.1) is 23.7 Å². The molecule has 2 unspecified atom stereocenters. The number of aliphatic hydroxyl groups is 1. The van der Waals surface area contributed by atoms with Crippen LogP contribution in [0.4, 0.5) is 4.79 Å². The second kappa shape index (κ2) is 9.64. The van der Waals surface area contributed by atoms with Crippen LogP contribution in [-0.2, 0) is 28.6 Å². The van der Waals surface area contributed by atoms with Crippen molar-refractivity contribution in [2.75, 3.05) is 13.2 Å². The first-order valence-corrected chi connectivity index (χ1v) is 11.1. The normalized spacial score (nSPS) is 29.5. The third-order valence-electron chi connectivity index (χ3n) is 5.79. The van der Waals surface area contributed by atoms with E-state index < -0.39 is 65.0 Å². The highest BCUT2D eigenvalue weighted by atomic mass is 16.6. The highest BCUT2D eigenvalue weighted by Gasteiger charge is 2.76. The van der Waals surface area contributed by atoms with E-state index in [0.717, 1.165) is 0 Å². The predicted octanol–water partition coefficient (Wildman–Crippen LogP) is 1.14. The zero-order valence-corrected chi connectivity index (χ0v) is 19.9. The molecule has 3 N–H and O–H groups in total. The summed E-state index contributed by atoms with van der Waals surface area (Å²) in [5, 5.41) is 15.8. The van der Waals surface area contributed by atoms with E-state index in [9.17, 15) is 24.3 Å². The Morgan fingerprint density at radius 1 is 1.09 bits per heavy atom. The molecule has 2 aliphatic rings. The van der Waals surface area contributed by atoms with Crippen LogP contribution in [0.3, 0.4) is 0 Å². The zero-order chi connectivity index (χ0) is 24.4. The Balaban J connectivity index is 2.28. The molecule has 0 aromatic rings. The third-order valence-corrected chi connectivity index (χ3v) is 5.79. The fourth-order valence-corrected chi connectivity index (χ4v) is 4.52. The Bertz CT molecular complexity index is 747. The van der Waals surface area contributed by atoms with E-state index in [0.29, 0.717) is 0 Å². The summed E-state index contributed by atoms with van der Waals surface area (Å²) in [7, 11) is 0. The van der Waals surface area contributed by atoms with E-state index in [4.69, 9.17) is 14.2 Å². The molecule has 2 saturated carbocycles. The second-order valence-corrected chi connectivity index (χ2v) is 9.70. The minimum Gasteiger partial charge on any atom is -0.466 e. The number of esters is 2. The van der Waals surface area contributed by atoms with Gasteiger partial charge in [-0.25, -0.2) is 9.59 Å². The number of aliphatic hydroxyl groups excluding tert-OH is 1. The van der Waals surface area contributed by atoms with Crippen LogP contribution in [0.2, 0.25) is 0 Å². The number of carbonyl (C=O) groups excluding carboxylic acids is 4. The smallest absolute Gasteiger partial charge is 0.408 e. The molecule has 0 aliphatic heterocycles. The summed E-state index contributed by atoms with van der Waals surface area (Å²) in [6.07, 6.45) is -1.83. The van der Waals surface area contributed by atoms with Gasteiger partial charge in [-0.3, -0.25) is 9.59 Å². The molecule has 0 aromatic heterocycles. The molecule has 0 bridgehead atoms. The summed E-state index contributed by atoms with van der Waals surface area (Å²) in [4.78, 5) is 50.9. The first-order valence-electron chi connectivity index (χ1n) is 11.1. The lowest BCUT2D eigenvalue weighted by atomic mass is 9.88. The summed E-state index contributed by atoms with van der Waals surface area (Å²) >= 11 is 0. The predicted molar refractivity (Wildman–Crippen MR) is 113 cm³/mol. The Morgan fingerprint density at radius 3 is 2.19 bits per heavy atom. The zero-order valence-electron chi connectivity index (χ0n) is 19.9. The van der Waals surface area contributed by atoms with Crippen LogP contribution in [0.25, 0.3) is 0 Å². The summed E-state index contributed by atoms with van der Waals surface area (Å²) in [5.41, 5.74) is -2.34. The number of carbonyl (C=O) groups is 4. The van der Waals surface area contributed by atoms with Crippen molar-refractivity contribution in [2.24, 2.45) is 23.7 Å². The topological polar surface area (TPSA) is 140 Å². The van der Waals surface area contributed by atoms with E-state index >= 15 is 0 Å². The van der Waals surface area contributed by atoms with Crippen LogP contribution in [0.15, 0.2) is 0 Å². The third kappa shape index (κ3) is 5.33. The minimum atomic E-state index is -1.59. The summed E-state index contributed by atoms with van der Waals surface area (Å²) in [6, 6.07) is -1.01. The molecular formula is C22H36N2O8. The number of nitrogens with one attached hydrogen (secondary N) is 2. The SMILES string of the molecule is CCOC(=O)[C@@H]1C2[C@H]1[C@@H](O)CC2(NC(=O)[C@@H](NC(=O)OC(C)(C)C)C(C)C)C(=O)OCC. The molecule has 32 heavy (non-hydrogen) atoms. The molecule has 10 heteroatoms. The lowest BCUT2D eigenvalue weighted by Crippen LogP contribution is -2.62. The molecule has 10 nitrogen and oxygen atoms in total. The maximum atomic E-state index is 13.2. The van der Waals surface area contributed by atoms with Crippen LogP contribution in [0.1, 0.15) is 54.9 Å². The molecule has 0 heterocycles. The molecule has 2 amide bonds. The number of amides is 2. The number of ether oxygens (including phenoxy) is 3. The van der Waals surface area contributed by atoms with Crippen LogP contribution < -0.4 is 10.6 Å². The van der Waals surface area contributed by atoms with Crippen LogP contribution in [-0.4, -0.2) is 65.5 Å². The standard InChI is InChI=1S/C22H36N2O8/c1-8-30-18(27)14-13-12(25)10-22(15(13)14,19(28)31-9-2)24-17(26)16(11(3)4)23-20(29)32-21(5,6)7/h11-16,25H,8-10H2,1-7H3,(H,23,29)(H,24,26)/t12-,13-,14-,15?,16-,22?/m0/s1.